The Morgan fingerprint density at radius 2 is 2.17 bits per heavy atom. The van der Waals surface area contributed by atoms with E-state index in [1.54, 1.807) is 4.31 Å². The van der Waals surface area contributed by atoms with Gasteiger partial charge in [-0.25, -0.2) is 12.7 Å². The zero-order valence-electron chi connectivity index (χ0n) is 7.16. The Labute approximate surface area is 73.0 Å². The van der Waals surface area contributed by atoms with E-state index in [1.165, 1.54) is 6.26 Å². The molecule has 2 fully saturated rings. The van der Waals surface area contributed by atoms with Crippen molar-refractivity contribution in [3.05, 3.63) is 0 Å². The molecule has 0 aromatic heterocycles. The highest BCUT2D eigenvalue weighted by molar-refractivity contribution is 7.88. The van der Waals surface area contributed by atoms with E-state index in [2.05, 4.69) is 5.32 Å². The van der Waals surface area contributed by atoms with Crippen molar-refractivity contribution in [2.45, 2.75) is 12.5 Å². The molecule has 0 unspecified atom stereocenters. The van der Waals surface area contributed by atoms with Gasteiger partial charge in [-0.05, 0) is 18.9 Å². The van der Waals surface area contributed by atoms with Crippen LogP contribution in [0.1, 0.15) is 6.42 Å². The molecule has 0 saturated carbocycles. The third-order valence-corrected chi connectivity index (χ3v) is 4.03. The van der Waals surface area contributed by atoms with Crippen molar-refractivity contribution >= 4 is 10.0 Å². The molecule has 70 valence electrons. The van der Waals surface area contributed by atoms with Crippen LogP contribution in [-0.2, 0) is 10.0 Å². The first kappa shape index (κ1) is 8.47. The summed E-state index contributed by atoms with van der Waals surface area (Å²) in [7, 11) is -2.95. The molecular formula is C7H14N2O2S. The number of rotatable bonds is 1. The molecule has 4 nitrogen and oxygen atoms in total. The topological polar surface area (TPSA) is 49.4 Å². The molecule has 0 radical (unpaired) electrons. The van der Waals surface area contributed by atoms with Crippen LogP contribution in [0.2, 0.25) is 0 Å². The van der Waals surface area contributed by atoms with Crippen LogP contribution in [0.4, 0.5) is 0 Å². The second kappa shape index (κ2) is 2.68. The monoisotopic (exact) mass is 190 g/mol. The van der Waals surface area contributed by atoms with Crippen molar-refractivity contribution in [1.29, 1.82) is 0 Å². The Balaban J connectivity index is 2.09. The van der Waals surface area contributed by atoms with Crippen molar-refractivity contribution in [3.8, 4) is 0 Å². The van der Waals surface area contributed by atoms with Crippen LogP contribution in [0.3, 0.4) is 0 Å². The van der Waals surface area contributed by atoms with Gasteiger partial charge < -0.3 is 5.32 Å². The number of nitrogens with one attached hydrogen (secondary N) is 1. The molecule has 0 bridgehead atoms. The molecule has 1 N–H and O–H groups in total. The van der Waals surface area contributed by atoms with Gasteiger partial charge in [-0.3, -0.25) is 0 Å². The van der Waals surface area contributed by atoms with Gasteiger partial charge in [-0.1, -0.05) is 0 Å². The standard InChI is InChI=1S/C7H14N2O2S/c1-12(10,11)9-4-6-2-3-8-7(6)5-9/h6-8H,2-5H2,1H3/t6-,7+/m0/s1. The van der Waals surface area contributed by atoms with Gasteiger partial charge in [0.15, 0.2) is 0 Å². The number of sulfonamides is 1. The Hall–Kier alpha value is -0.130. The van der Waals surface area contributed by atoms with E-state index in [-0.39, 0.29) is 0 Å². The summed E-state index contributed by atoms with van der Waals surface area (Å²) in [6.45, 7) is 2.44. The number of hydrogen-bond donors (Lipinski definition) is 1. The Morgan fingerprint density at radius 1 is 1.42 bits per heavy atom. The molecular weight excluding hydrogens is 176 g/mol. The SMILES string of the molecule is CS(=O)(=O)N1C[C@@H]2CCN[C@@H]2C1. The number of hydrogen-bond acceptors (Lipinski definition) is 3. The van der Waals surface area contributed by atoms with Gasteiger partial charge >= 0.3 is 0 Å². The highest BCUT2D eigenvalue weighted by atomic mass is 32.2. The smallest absolute Gasteiger partial charge is 0.211 e. The lowest BCUT2D eigenvalue weighted by Crippen LogP contribution is -2.33. The maximum absolute atomic E-state index is 11.2. The minimum Gasteiger partial charge on any atom is -0.312 e. The first-order chi connectivity index (χ1) is 5.57. The van der Waals surface area contributed by atoms with Gasteiger partial charge in [0, 0.05) is 19.1 Å². The minimum absolute atomic E-state index is 0.416. The molecule has 0 spiro atoms. The van der Waals surface area contributed by atoms with E-state index in [0.29, 0.717) is 18.5 Å². The molecule has 0 aromatic rings. The van der Waals surface area contributed by atoms with Crippen LogP contribution in [0.15, 0.2) is 0 Å². The van der Waals surface area contributed by atoms with Crippen LogP contribution in [-0.4, -0.2) is 44.7 Å². The van der Waals surface area contributed by atoms with Gasteiger partial charge in [0.05, 0.1) is 6.26 Å². The Bertz CT molecular complexity index is 263. The van der Waals surface area contributed by atoms with Gasteiger partial charge in [-0.15, -0.1) is 0 Å². The van der Waals surface area contributed by atoms with Gasteiger partial charge in [0.1, 0.15) is 0 Å². The summed E-state index contributed by atoms with van der Waals surface area (Å²) in [5.74, 6) is 0.555. The van der Waals surface area contributed by atoms with E-state index >= 15 is 0 Å². The Morgan fingerprint density at radius 3 is 2.75 bits per heavy atom. The van der Waals surface area contributed by atoms with Crippen LogP contribution in [0.5, 0.6) is 0 Å². The molecule has 0 aromatic carbocycles. The van der Waals surface area contributed by atoms with Crippen LogP contribution < -0.4 is 5.32 Å². The summed E-state index contributed by atoms with van der Waals surface area (Å²) in [5, 5.41) is 3.31. The second-order valence-electron chi connectivity index (χ2n) is 3.69. The molecule has 0 aliphatic carbocycles. The van der Waals surface area contributed by atoms with E-state index < -0.39 is 10.0 Å². The van der Waals surface area contributed by atoms with Crippen molar-refractivity contribution in [3.63, 3.8) is 0 Å². The number of nitrogens with zero attached hydrogens (tertiary/aromatic N) is 1. The molecule has 2 rings (SSSR count). The first-order valence-corrected chi connectivity index (χ1v) is 6.11. The highest BCUT2D eigenvalue weighted by Gasteiger charge is 2.39. The maximum atomic E-state index is 11.2. The lowest BCUT2D eigenvalue weighted by Gasteiger charge is -2.13. The molecule has 5 heteroatoms. The molecule has 2 aliphatic heterocycles. The zero-order chi connectivity index (χ0) is 8.77. The average Bonchev–Trinajstić information content (AvgIpc) is 2.37. The molecule has 2 aliphatic rings. The lowest BCUT2D eigenvalue weighted by atomic mass is 10.1. The third-order valence-electron chi connectivity index (χ3n) is 2.80. The van der Waals surface area contributed by atoms with E-state index in [9.17, 15) is 8.42 Å². The van der Waals surface area contributed by atoms with Crippen LogP contribution in [0.25, 0.3) is 0 Å². The van der Waals surface area contributed by atoms with E-state index in [4.69, 9.17) is 0 Å². The second-order valence-corrected chi connectivity index (χ2v) is 5.67. The van der Waals surface area contributed by atoms with Gasteiger partial charge in [0.25, 0.3) is 0 Å². The third kappa shape index (κ3) is 1.36. The summed E-state index contributed by atoms with van der Waals surface area (Å²) in [6.07, 6.45) is 2.41. The fraction of sp³-hybridized carbons (Fsp3) is 1.00. The fourth-order valence-corrected chi connectivity index (χ4v) is 2.97. The van der Waals surface area contributed by atoms with E-state index in [0.717, 1.165) is 19.5 Å². The summed E-state index contributed by atoms with van der Waals surface area (Å²) >= 11 is 0. The van der Waals surface area contributed by atoms with Crippen molar-refractivity contribution in [1.82, 2.24) is 9.62 Å². The largest absolute Gasteiger partial charge is 0.312 e. The van der Waals surface area contributed by atoms with Crippen molar-refractivity contribution in [2.24, 2.45) is 5.92 Å². The Kier molecular flexibility index (Phi) is 1.89. The fourth-order valence-electron chi connectivity index (χ4n) is 2.08. The highest BCUT2D eigenvalue weighted by Crippen LogP contribution is 2.25. The average molecular weight is 190 g/mol. The van der Waals surface area contributed by atoms with Gasteiger partial charge in [0.2, 0.25) is 10.0 Å². The summed E-state index contributed by atoms with van der Waals surface area (Å²) < 4.78 is 23.9. The van der Waals surface area contributed by atoms with E-state index in [1.807, 2.05) is 0 Å². The van der Waals surface area contributed by atoms with Crippen LogP contribution >= 0.6 is 0 Å². The van der Waals surface area contributed by atoms with Crippen molar-refractivity contribution < 1.29 is 8.42 Å². The lowest BCUT2D eigenvalue weighted by molar-refractivity contribution is 0.453. The number of fused-ring (bicyclic) bond motifs is 1. The van der Waals surface area contributed by atoms with Crippen LogP contribution in [0, 0.1) is 5.92 Å². The first-order valence-electron chi connectivity index (χ1n) is 4.26. The van der Waals surface area contributed by atoms with Gasteiger partial charge in [-0.2, -0.15) is 0 Å². The predicted octanol–water partition coefficient (Wildman–Crippen LogP) is -0.760. The molecule has 12 heavy (non-hydrogen) atoms. The minimum atomic E-state index is -2.95. The maximum Gasteiger partial charge on any atom is 0.211 e. The summed E-state index contributed by atoms with van der Waals surface area (Å²) in [6, 6.07) is 0.416. The summed E-state index contributed by atoms with van der Waals surface area (Å²) in [4.78, 5) is 0. The molecule has 2 heterocycles. The zero-order valence-corrected chi connectivity index (χ0v) is 7.97. The van der Waals surface area contributed by atoms with Crippen molar-refractivity contribution in [2.75, 3.05) is 25.9 Å². The molecule has 0 amide bonds. The predicted molar refractivity (Wildman–Crippen MR) is 46.3 cm³/mol. The molecule has 2 saturated heterocycles. The molecule has 2 atom stereocenters. The quantitative estimate of drug-likeness (QED) is 0.591. The summed E-state index contributed by atoms with van der Waals surface area (Å²) in [5.41, 5.74) is 0. The normalized spacial score (nSPS) is 37.1.